The van der Waals surface area contributed by atoms with Crippen molar-refractivity contribution in [2.45, 2.75) is 13.3 Å². The molecule has 0 saturated heterocycles. The minimum atomic E-state index is -0.491. The number of ether oxygens (including phenoxy) is 5. The molecule has 0 N–H and O–H groups in total. The van der Waals surface area contributed by atoms with Gasteiger partial charge in [-0.15, -0.1) is 0 Å². The summed E-state index contributed by atoms with van der Waals surface area (Å²) in [6.07, 6.45) is 1.94. The van der Waals surface area contributed by atoms with E-state index in [0.717, 1.165) is 29.2 Å². The van der Waals surface area contributed by atoms with Crippen molar-refractivity contribution in [3.8, 4) is 22.6 Å². The molecule has 0 aliphatic rings. The Balaban J connectivity index is 1.89. The Hall–Kier alpha value is -3.58. The van der Waals surface area contributed by atoms with Crippen LogP contribution in [0.15, 0.2) is 67.3 Å². The number of aryl methyl sites for hydroxylation is 1. The Morgan fingerprint density at radius 2 is 1.55 bits per heavy atom. The quantitative estimate of drug-likeness (QED) is 0.241. The van der Waals surface area contributed by atoms with Gasteiger partial charge in [0.05, 0.1) is 12.2 Å². The van der Waals surface area contributed by atoms with Crippen LogP contribution in [0.25, 0.3) is 11.1 Å². The Morgan fingerprint density at radius 1 is 0.909 bits per heavy atom. The summed E-state index contributed by atoms with van der Waals surface area (Å²) >= 11 is 0. The van der Waals surface area contributed by atoms with Crippen LogP contribution in [0.2, 0.25) is 0 Å². The van der Waals surface area contributed by atoms with Gasteiger partial charge in [-0.05, 0) is 47.4 Å². The minimum Gasteiger partial charge on any atom is -0.490 e. The molecule has 0 saturated carbocycles. The largest absolute Gasteiger partial charge is 0.490 e. The van der Waals surface area contributed by atoms with Gasteiger partial charge >= 0.3 is 11.9 Å². The molecule has 0 atom stereocenters. The van der Waals surface area contributed by atoms with Crippen LogP contribution in [-0.4, -0.2) is 52.1 Å². The van der Waals surface area contributed by atoms with E-state index in [1.807, 2.05) is 42.5 Å². The van der Waals surface area contributed by atoms with E-state index < -0.39 is 11.9 Å². The Bertz CT molecular complexity index is 948. The fourth-order valence-corrected chi connectivity index (χ4v) is 2.95. The van der Waals surface area contributed by atoms with Crippen molar-refractivity contribution in [2.24, 2.45) is 0 Å². The van der Waals surface area contributed by atoms with E-state index in [9.17, 15) is 9.59 Å². The summed E-state index contributed by atoms with van der Waals surface area (Å²) in [6.45, 7) is 9.96. The number of carbonyl (C=O) groups excluding carboxylic acids is 2. The van der Waals surface area contributed by atoms with Gasteiger partial charge < -0.3 is 23.7 Å². The monoisotopic (exact) mass is 454 g/mol. The molecule has 0 fully saturated rings. The lowest BCUT2D eigenvalue weighted by Crippen LogP contribution is -2.15. The molecule has 33 heavy (non-hydrogen) atoms. The lowest BCUT2D eigenvalue weighted by atomic mass is 9.98. The van der Waals surface area contributed by atoms with Crippen molar-refractivity contribution >= 4 is 11.9 Å². The molecule has 0 aliphatic heterocycles. The second kappa shape index (κ2) is 13.8. The molecule has 0 spiro atoms. The number of carbonyl (C=O) groups is 2. The maximum Gasteiger partial charge on any atom is 0.335 e. The number of benzene rings is 2. The molecule has 0 aliphatic carbocycles. The average molecular weight is 455 g/mol. The van der Waals surface area contributed by atoms with Crippen LogP contribution in [0.3, 0.4) is 0 Å². The number of rotatable bonds is 14. The SMILES string of the molecule is C=CC(=O)OCCOc1ccc(-c2ccc(OCCOC(=O)C(=C)COC)cc2CC)cc1. The first-order valence-electron chi connectivity index (χ1n) is 10.6. The summed E-state index contributed by atoms with van der Waals surface area (Å²) in [5.41, 5.74) is 3.54. The minimum absolute atomic E-state index is 0.124. The highest BCUT2D eigenvalue weighted by atomic mass is 16.6. The van der Waals surface area contributed by atoms with Crippen LogP contribution >= 0.6 is 0 Å². The van der Waals surface area contributed by atoms with E-state index in [-0.39, 0.29) is 38.6 Å². The summed E-state index contributed by atoms with van der Waals surface area (Å²) < 4.78 is 26.2. The fraction of sp³-hybridized carbons (Fsp3) is 0.308. The fourth-order valence-electron chi connectivity index (χ4n) is 2.95. The van der Waals surface area contributed by atoms with Gasteiger partial charge in [-0.2, -0.15) is 0 Å². The molecule has 0 unspecified atom stereocenters. The zero-order chi connectivity index (χ0) is 24.1. The molecule has 0 radical (unpaired) electrons. The van der Waals surface area contributed by atoms with Crippen molar-refractivity contribution in [1.29, 1.82) is 0 Å². The van der Waals surface area contributed by atoms with Gasteiger partial charge in [-0.3, -0.25) is 0 Å². The average Bonchev–Trinajstić information content (AvgIpc) is 2.84. The Kier molecular flexibility index (Phi) is 10.7. The normalized spacial score (nSPS) is 10.2. The van der Waals surface area contributed by atoms with Crippen LogP contribution < -0.4 is 9.47 Å². The third-order valence-corrected chi connectivity index (χ3v) is 4.58. The molecule has 2 aromatic carbocycles. The van der Waals surface area contributed by atoms with Gasteiger partial charge in [-0.1, -0.05) is 38.3 Å². The van der Waals surface area contributed by atoms with E-state index >= 15 is 0 Å². The second-order valence-corrected chi connectivity index (χ2v) is 6.94. The molecule has 7 nitrogen and oxygen atoms in total. The topological polar surface area (TPSA) is 80.3 Å². The van der Waals surface area contributed by atoms with E-state index in [1.54, 1.807) is 0 Å². The summed E-state index contributed by atoms with van der Waals surface area (Å²) in [6, 6.07) is 13.6. The van der Waals surface area contributed by atoms with E-state index in [0.29, 0.717) is 11.5 Å². The smallest absolute Gasteiger partial charge is 0.335 e. The first kappa shape index (κ1) is 25.7. The highest BCUT2D eigenvalue weighted by Gasteiger charge is 2.09. The molecule has 0 aromatic heterocycles. The summed E-state index contributed by atoms with van der Waals surface area (Å²) in [4.78, 5) is 22.7. The van der Waals surface area contributed by atoms with Gasteiger partial charge in [0.25, 0.3) is 0 Å². The Morgan fingerprint density at radius 3 is 2.18 bits per heavy atom. The first-order valence-corrected chi connectivity index (χ1v) is 10.6. The van der Waals surface area contributed by atoms with Crippen molar-refractivity contribution in [3.63, 3.8) is 0 Å². The highest BCUT2D eigenvalue weighted by molar-refractivity contribution is 5.87. The molecular formula is C26H30O7. The van der Waals surface area contributed by atoms with Gasteiger partial charge in [-0.25, -0.2) is 9.59 Å². The maximum atomic E-state index is 11.7. The van der Waals surface area contributed by atoms with Crippen LogP contribution in [0, 0.1) is 0 Å². The zero-order valence-electron chi connectivity index (χ0n) is 19.1. The predicted molar refractivity (Wildman–Crippen MR) is 125 cm³/mol. The molecular weight excluding hydrogens is 424 g/mol. The highest BCUT2D eigenvalue weighted by Crippen LogP contribution is 2.29. The number of hydrogen-bond acceptors (Lipinski definition) is 7. The maximum absolute atomic E-state index is 11.7. The summed E-state index contributed by atoms with van der Waals surface area (Å²) in [7, 11) is 1.49. The lowest BCUT2D eigenvalue weighted by Gasteiger charge is -2.13. The summed E-state index contributed by atoms with van der Waals surface area (Å²) in [5, 5.41) is 0. The third kappa shape index (κ3) is 8.46. The third-order valence-electron chi connectivity index (χ3n) is 4.58. The van der Waals surface area contributed by atoms with Crippen LogP contribution in [0.5, 0.6) is 11.5 Å². The van der Waals surface area contributed by atoms with Crippen molar-refractivity contribution < 1.29 is 33.3 Å². The molecule has 7 heteroatoms. The molecule has 0 heterocycles. The van der Waals surface area contributed by atoms with Crippen LogP contribution in [0.1, 0.15) is 12.5 Å². The van der Waals surface area contributed by atoms with Crippen molar-refractivity contribution in [1.82, 2.24) is 0 Å². The second-order valence-electron chi connectivity index (χ2n) is 6.94. The Labute approximate surface area is 194 Å². The summed E-state index contributed by atoms with van der Waals surface area (Å²) in [5.74, 6) is 0.434. The molecule has 2 aromatic rings. The van der Waals surface area contributed by atoms with E-state index in [2.05, 4.69) is 20.1 Å². The number of methoxy groups -OCH3 is 1. The van der Waals surface area contributed by atoms with Gasteiger partial charge in [0.2, 0.25) is 0 Å². The molecule has 0 amide bonds. The zero-order valence-corrected chi connectivity index (χ0v) is 19.1. The standard InChI is InChI=1S/C26H30O7/c1-5-20-17-23(31-14-16-33-26(28)19(3)18-29-4)11-12-24(20)21-7-9-22(10-8-21)30-13-15-32-25(27)6-2/h6-12,17H,2-3,5,13-16,18H2,1,4H3. The molecule has 2 rings (SSSR count). The van der Waals surface area contributed by atoms with Crippen LogP contribution in [-0.2, 0) is 30.2 Å². The molecule has 176 valence electrons. The lowest BCUT2D eigenvalue weighted by molar-refractivity contribution is -0.140. The van der Waals surface area contributed by atoms with Crippen molar-refractivity contribution in [3.05, 3.63) is 72.8 Å². The van der Waals surface area contributed by atoms with Gasteiger partial charge in [0.1, 0.15) is 37.9 Å². The number of esters is 2. The van der Waals surface area contributed by atoms with Gasteiger partial charge in [0, 0.05) is 13.2 Å². The predicted octanol–water partition coefficient (Wildman–Crippen LogP) is 4.15. The van der Waals surface area contributed by atoms with E-state index in [1.165, 1.54) is 7.11 Å². The van der Waals surface area contributed by atoms with Crippen LogP contribution in [0.4, 0.5) is 0 Å². The molecule has 0 bridgehead atoms. The van der Waals surface area contributed by atoms with Gasteiger partial charge in [0.15, 0.2) is 0 Å². The van der Waals surface area contributed by atoms with Crippen molar-refractivity contribution in [2.75, 3.05) is 40.1 Å². The van der Waals surface area contributed by atoms with E-state index in [4.69, 9.17) is 23.7 Å². The number of hydrogen-bond donors (Lipinski definition) is 0. The first-order chi connectivity index (χ1) is 16.0.